The highest BCUT2D eigenvalue weighted by Gasteiger charge is 2.70. The van der Waals surface area contributed by atoms with E-state index in [1.807, 2.05) is 0 Å². The van der Waals surface area contributed by atoms with E-state index in [2.05, 4.69) is 0 Å². The third-order valence-corrected chi connectivity index (χ3v) is 14.2. The first-order chi connectivity index (χ1) is 17.4. The molecule has 0 bridgehead atoms. The number of rotatable bonds is 11. The summed E-state index contributed by atoms with van der Waals surface area (Å²) in [6, 6.07) is 26.6. The zero-order valence-electron chi connectivity index (χ0n) is 21.4. The Morgan fingerprint density at radius 2 is 1.05 bits per heavy atom. The van der Waals surface area contributed by atoms with Gasteiger partial charge in [0, 0.05) is 5.60 Å². The lowest BCUT2D eigenvalue weighted by molar-refractivity contribution is -0.539. The molecule has 0 aromatic heterocycles. The summed E-state index contributed by atoms with van der Waals surface area (Å²) in [6.07, 6.45) is -6.61. The molecule has 9 heteroatoms. The second-order valence-electron chi connectivity index (χ2n) is 9.17. The Hall–Kier alpha value is -2.01. The molecule has 3 aromatic rings. The number of hydrogen-bond donors (Lipinski definition) is 0. The first kappa shape index (κ1) is 29.5. The predicted octanol–water partition coefficient (Wildman–Crippen LogP) is 5.69. The molecule has 0 aliphatic heterocycles. The van der Waals surface area contributed by atoms with Crippen LogP contribution in [0.2, 0.25) is 0 Å². The standard InChI is InChI=1S/C28H33F3O4P2/c1-5-34-36(33,35-6-2)22-27(32,28(29,30)31)26(3,4)37(23-16-10-7-11-17-23,24-18-12-8-13-19-24)25-20-14-9-15-21-25/h7-21H,5-6,22H2,1-4H3. The van der Waals surface area contributed by atoms with Crippen molar-refractivity contribution in [3.63, 3.8) is 0 Å². The number of alkyl halides is 3. The second kappa shape index (κ2) is 11.4. The Kier molecular flexibility index (Phi) is 9.09. The van der Waals surface area contributed by atoms with Crippen LogP contribution in [-0.2, 0) is 13.6 Å². The number of halogens is 3. The smallest absolute Gasteiger partial charge is 0.384 e. The topological polar surface area (TPSA) is 58.6 Å². The third kappa shape index (κ3) is 5.30. The van der Waals surface area contributed by atoms with E-state index in [9.17, 15) is 9.67 Å². The highest BCUT2D eigenvalue weighted by Crippen LogP contribution is 2.72. The average Bonchev–Trinajstić information content (AvgIpc) is 2.86. The maximum atomic E-state index is 15.2. The van der Waals surface area contributed by atoms with Crippen LogP contribution in [-0.4, -0.2) is 36.3 Å². The van der Waals surface area contributed by atoms with Gasteiger partial charge in [0.05, 0.1) is 24.5 Å². The lowest BCUT2D eigenvalue weighted by atomic mass is 9.90. The molecular weight excluding hydrogens is 519 g/mol. The molecule has 0 radical (unpaired) electrons. The number of hydrogen-bond acceptors (Lipinski definition) is 4. The Balaban J connectivity index is 2.48. The van der Waals surface area contributed by atoms with Gasteiger partial charge in [0.1, 0.15) is 23.2 Å². The van der Waals surface area contributed by atoms with Crippen LogP contribution >= 0.6 is 14.9 Å². The predicted molar refractivity (Wildman–Crippen MR) is 144 cm³/mol. The Morgan fingerprint density at radius 1 is 0.730 bits per heavy atom. The van der Waals surface area contributed by atoms with E-state index in [-0.39, 0.29) is 13.2 Å². The molecule has 200 valence electrons. The van der Waals surface area contributed by atoms with Crippen molar-refractivity contribution >= 4 is 30.8 Å². The molecule has 4 nitrogen and oxygen atoms in total. The molecule has 0 saturated carbocycles. The summed E-state index contributed by atoms with van der Waals surface area (Å²) >= 11 is 0. The second-order valence-corrected chi connectivity index (χ2v) is 15.2. The van der Waals surface area contributed by atoms with Gasteiger partial charge in [-0.05, 0) is 64.1 Å². The summed E-state index contributed by atoms with van der Waals surface area (Å²) < 4.78 is 69.5. The minimum absolute atomic E-state index is 0.151. The fourth-order valence-corrected chi connectivity index (χ4v) is 12.8. The van der Waals surface area contributed by atoms with Crippen molar-refractivity contribution in [3.8, 4) is 0 Å². The van der Waals surface area contributed by atoms with Crippen molar-refractivity contribution in [3.05, 3.63) is 91.0 Å². The highest BCUT2D eigenvalue weighted by atomic mass is 31.2. The molecule has 0 saturated heterocycles. The monoisotopic (exact) mass is 552 g/mol. The van der Waals surface area contributed by atoms with Gasteiger partial charge in [-0.25, -0.2) is 0 Å². The maximum Gasteiger partial charge on any atom is 0.384 e. The van der Waals surface area contributed by atoms with E-state index in [1.165, 1.54) is 27.7 Å². The molecule has 0 aliphatic rings. The van der Waals surface area contributed by atoms with Gasteiger partial charge in [0.25, 0.3) is 0 Å². The molecule has 1 unspecified atom stereocenters. The SMILES string of the molecule is CCOP(=O)(CC([O-])(C(F)(F)F)C(C)(C)[P+](c1ccccc1)(c1ccccc1)c1ccccc1)OCC. The first-order valence-electron chi connectivity index (χ1n) is 12.1. The molecule has 0 amide bonds. The van der Waals surface area contributed by atoms with E-state index in [0.717, 1.165) is 0 Å². The zero-order valence-corrected chi connectivity index (χ0v) is 23.2. The fourth-order valence-electron chi connectivity index (χ4n) is 5.07. The number of benzene rings is 3. The highest BCUT2D eigenvalue weighted by molar-refractivity contribution is 7.97. The van der Waals surface area contributed by atoms with Gasteiger partial charge in [-0.3, -0.25) is 4.57 Å². The van der Waals surface area contributed by atoms with Crippen LogP contribution in [0.25, 0.3) is 0 Å². The van der Waals surface area contributed by atoms with E-state index in [1.54, 1.807) is 91.0 Å². The molecule has 1 atom stereocenters. The molecular formula is C28H33F3O4P2. The fraction of sp³-hybridized carbons (Fsp3) is 0.357. The van der Waals surface area contributed by atoms with E-state index < -0.39 is 38.0 Å². The van der Waals surface area contributed by atoms with Crippen LogP contribution in [0.4, 0.5) is 13.2 Å². The van der Waals surface area contributed by atoms with Gasteiger partial charge >= 0.3 is 13.8 Å². The zero-order chi connectivity index (χ0) is 27.4. The Bertz CT molecular complexity index is 1080. The summed E-state index contributed by atoms with van der Waals surface area (Å²) in [5.74, 6) is 0. The summed E-state index contributed by atoms with van der Waals surface area (Å²) in [5.41, 5.74) is -3.70. The van der Waals surface area contributed by atoms with Crippen LogP contribution in [0.15, 0.2) is 91.0 Å². The Morgan fingerprint density at radius 3 is 1.32 bits per heavy atom. The van der Waals surface area contributed by atoms with Gasteiger partial charge in [0.15, 0.2) is 0 Å². The van der Waals surface area contributed by atoms with Crippen molar-refractivity contribution in [1.82, 2.24) is 0 Å². The van der Waals surface area contributed by atoms with Crippen molar-refractivity contribution in [1.29, 1.82) is 0 Å². The van der Waals surface area contributed by atoms with Crippen molar-refractivity contribution in [2.24, 2.45) is 0 Å². The van der Waals surface area contributed by atoms with E-state index in [0.29, 0.717) is 15.9 Å². The summed E-state index contributed by atoms with van der Waals surface area (Å²) in [4.78, 5) is 0. The molecule has 3 aromatic carbocycles. The minimum atomic E-state index is -5.27. The van der Waals surface area contributed by atoms with Crippen LogP contribution in [0, 0.1) is 0 Å². The molecule has 0 aliphatic carbocycles. The molecule has 0 heterocycles. The summed E-state index contributed by atoms with van der Waals surface area (Å²) in [5, 5.41) is 14.5. The van der Waals surface area contributed by atoms with Crippen LogP contribution < -0.4 is 21.0 Å². The molecule has 0 spiro atoms. The third-order valence-electron chi connectivity index (χ3n) is 6.78. The van der Waals surface area contributed by atoms with E-state index >= 15 is 13.2 Å². The van der Waals surface area contributed by atoms with Crippen LogP contribution in [0.3, 0.4) is 0 Å². The normalized spacial score (nSPS) is 14.8. The summed E-state index contributed by atoms with van der Waals surface area (Å²) in [6.45, 7) is 5.43. The molecule has 37 heavy (non-hydrogen) atoms. The Labute approximate surface area is 217 Å². The minimum Gasteiger partial charge on any atom is -0.839 e. The van der Waals surface area contributed by atoms with Gasteiger partial charge < -0.3 is 14.2 Å². The lowest BCUT2D eigenvalue weighted by Gasteiger charge is -2.57. The van der Waals surface area contributed by atoms with Crippen LogP contribution in [0.1, 0.15) is 27.7 Å². The summed E-state index contributed by atoms with van der Waals surface area (Å²) in [7, 11) is -7.76. The maximum absolute atomic E-state index is 15.2. The largest absolute Gasteiger partial charge is 0.839 e. The average molecular weight is 553 g/mol. The quantitative estimate of drug-likeness (QED) is 0.287. The van der Waals surface area contributed by atoms with E-state index in [4.69, 9.17) is 9.05 Å². The van der Waals surface area contributed by atoms with Gasteiger partial charge in [0.2, 0.25) is 0 Å². The lowest BCUT2D eigenvalue weighted by Crippen LogP contribution is -2.73. The first-order valence-corrected chi connectivity index (χ1v) is 15.6. The molecule has 0 N–H and O–H groups in total. The van der Waals surface area contributed by atoms with Crippen molar-refractivity contribution in [2.45, 2.75) is 44.6 Å². The van der Waals surface area contributed by atoms with Crippen molar-refractivity contribution < 1.29 is 31.9 Å². The van der Waals surface area contributed by atoms with Gasteiger partial charge in [-0.15, -0.1) is 0 Å². The molecule has 0 fully saturated rings. The van der Waals surface area contributed by atoms with Gasteiger partial charge in [-0.1, -0.05) is 54.6 Å². The van der Waals surface area contributed by atoms with Gasteiger partial charge in [-0.2, -0.15) is 13.2 Å². The molecule has 3 rings (SSSR count). The van der Waals surface area contributed by atoms with Crippen LogP contribution in [0.5, 0.6) is 0 Å². The van der Waals surface area contributed by atoms with Crippen molar-refractivity contribution in [2.75, 3.05) is 19.4 Å².